The molecule has 0 aromatic heterocycles. The Hall–Kier alpha value is -1.64. The van der Waals surface area contributed by atoms with Crippen LogP contribution in [-0.2, 0) is 19.4 Å². The predicted molar refractivity (Wildman–Crippen MR) is 115 cm³/mol. The summed E-state index contributed by atoms with van der Waals surface area (Å²) in [5.41, 5.74) is 0. The fourth-order valence-corrected chi connectivity index (χ4v) is 5.06. The van der Waals surface area contributed by atoms with E-state index in [2.05, 4.69) is 18.7 Å². The summed E-state index contributed by atoms with van der Waals surface area (Å²) >= 11 is 0. The lowest BCUT2D eigenvalue weighted by Gasteiger charge is -2.38. The second-order valence-corrected chi connectivity index (χ2v) is 10.6. The second kappa shape index (κ2) is 10.1. The summed E-state index contributed by atoms with van der Waals surface area (Å²) < 4.78 is 34.5. The number of sulfone groups is 1. The molecule has 2 aliphatic rings. The number of ether oxygens (including phenoxy) is 2. The molecule has 30 heavy (non-hydrogen) atoms. The Bertz CT molecular complexity index is 801. The molecule has 3 rings (SSSR count). The van der Waals surface area contributed by atoms with Crippen LogP contribution in [0.1, 0.15) is 39.5 Å². The first-order valence-electron chi connectivity index (χ1n) is 10.8. The highest BCUT2D eigenvalue weighted by Gasteiger charge is 2.32. The largest absolute Gasteiger partial charge is 0.494 e. The molecule has 0 N–H and O–H groups in total. The van der Waals surface area contributed by atoms with E-state index in [-0.39, 0.29) is 23.0 Å². The van der Waals surface area contributed by atoms with Crippen LogP contribution in [-0.4, -0.2) is 81.4 Å². The van der Waals surface area contributed by atoms with Gasteiger partial charge in [-0.05, 0) is 57.4 Å². The van der Waals surface area contributed by atoms with Gasteiger partial charge in [-0.25, -0.2) is 8.42 Å². The number of carbonyl (C=O) groups is 1. The lowest BCUT2D eigenvalue weighted by molar-refractivity contribution is -0.133. The van der Waals surface area contributed by atoms with Crippen LogP contribution in [0.15, 0.2) is 29.2 Å². The molecule has 0 spiro atoms. The fraction of sp³-hybridized carbons (Fsp3) is 0.682. The average Bonchev–Trinajstić information content (AvgIpc) is 3.12. The van der Waals surface area contributed by atoms with Gasteiger partial charge in [-0.3, -0.25) is 9.69 Å². The molecule has 8 heteroatoms. The molecule has 168 valence electrons. The van der Waals surface area contributed by atoms with E-state index in [4.69, 9.17) is 9.47 Å². The first kappa shape index (κ1) is 23.0. The number of hydrogen-bond donors (Lipinski definition) is 0. The highest BCUT2D eigenvalue weighted by molar-refractivity contribution is 7.90. The maximum atomic E-state index is 12.8. The molecule has 1 amide bonds. The number of hydrogen-bond acceptors (Lipinski definition) is 6. The Morgan fingerprint density at radius 2 is 1.83 bits per heavy atom. The highest BCUT2D eigenvalue weighted by Crippen LogP contribution is 2.22. The van der Waals surface area contributed by atoms with Gasteiger partial charge in [0, 0.05) is 44.9 Å². The molecule has 2 fully saturated rings. The molecule has 0 bridgehead atoms. The molecule has 2 saturated heterocycles. The second-order valence-electron chi connectivity index (χ2n) is 8.55. The first-order valence-corrected chi connectivity index (χ1v) is 12.7. The van der Waals surface area contributed by atoms with E-state index < -0.39 is 9.84 Å². The van der Waals surface area contributed by atoms with Crippen LogP contribution in [0.2, 0.25) is 0 Å². The van der Waals surface area contributed by atoms with Crippen molar-refractivity contribution in [2.75, 3.05) is 39.0 Å². The van der Waals surface area contributed by atoms with Crippen LogP contribution < -0.4 is 4.74 Å². The normalized spacial score (nSPS) is 25.4. The fourth-order valence-electron chi connectivity index (χ4n) is 4.43. The van der Waals surface area contributed by atoms with Crippen molar-refractivity contribution < 1.29 is 22.7 Å². The molecule has 7 nitrogen and oxygen atoms in total. The SMILES string of the molecule is CC1CN(CC2CCCN2C(=O)CCCOc2ccc(S(C)(=O)=O)cc2)CC(C)O1. The number of rotatable bonds is 8. The van der Waals surface area contributed by atoms with Crippen molar-refractivity contribution in [3.05, 3.63) is 24.3 Å². The minimum atomic E-state index is -3.20. The Balaban J connectivity index is 1.41. The molecule has 3 atom stereocenters. The average molecular weight is 439 g/mol. The van der Waals surface area contributed by atoms with Gasteiger partial charge in [0.2, 0.25) is 5.91 Å². The van der Waals surface area contributed by atoms with E-state index in [1.165, 1.54) is 18.4 Å². The van der Waals surface area contributed by atoms with Gasteiger partial charge in [0.15, 0.2) is 9.84 Å². The Morgan fingerprint density at radius 1 is 1.17 bits per heavy atom. The summed E-state index contributed by atoms with van der Waals surface area (Å²) in [7, 11) is -3.20. The first-order chi connectivity index (χ1) is 14.2. The monoisotopic (exact) mass is 438 g/mol. The van der Waals surface area contributed by atoms with Gasteiger partial charge in [-0.2, -0.15) is 0 Å². The van der Waals surface area contributed by atoms with E-state index in [0.717, 1.165) is 39.0 Å². The molecule has 0 saturated carbocycles. The zero-order valence-corrected chi connectivity index (χ0v) is 19.1. The molecular weight excluding hydrogens is 404 g/mol. The van der Waals surface area contributed by atoms with Crippen LogP contribution in [0.5, 0.6) is 5.75 Å². The maximum absolute atomic E-state index is 12.8. The number of carbonyl (C=O) groups excluding carboxylic acids is 1. The number of benzene rings is 1. The number of amides is 1. The summed E-state index contributed by atoms with van der Waals surface area (Å²) in [4.78, 5) is 17.5. The van der Waals surface area contributed by atoms with Gasteiger partial charge >= 0.3 is 0 Å². The molecule has 0 aliphatic carbocycles. The highest BCUT2D eigenvalue weighted by atomic mass is 32.2. The van der Waals surface area contributed by atoms with Gasteiger partial charge < -0.3 is 14.4 Å². The Morgan fingerprint density at radius 3 is 2.47 bits per heavy atom. The van der Waals surface area contributed by atoms with Gasteiger partial charge in [0.05, 0.1) is 23.7 Å². The lowest BCUT2D eigenvalue weighted by Crippen LogP contribution is -2.50. The summed E-state index contributed by atoms with van der Waals surface area (Å²) in [5.74, 6) is 0.812. The van der Waals surface area contributed by atoms with Crippen LogP contribution in [0.4, 0.5) is 0 Å². The third-order valence-electron chi connectivity index (χ3n) is 5.72. The van der Waals surface area contributed by atoms with E-state index in [9.17, 15) is 13.2 Å². The molecule has 1 aromatic carbocycles. The summed E-state index contributed by atoms with van der Waals surface area (Å²) in [6.07, 6.45) is 4.89. The van der Waals surface area contributed by atoms with Crippen molar-refractivity contribution in [2.45, 2.75) is 62.7 Å². The predicted octanol–water partition coefficient (Wildman–Crippen LogP) is 2.35. The minimum absolute atomic E-state index is 0.197. The molecule has 1 aromatic rings. The molecule has 2 aliphatic heterocycles. The third kappa shape index (κ3) is 6.43. The topological polar surface area (TPSA) is 76.2 Å². The summed E-state index contributed by atoms with van der Waals surface area (Å²) in [6.45, 7) is 8.26. The van der Waals surface area contributed by atoms with Gasteiger partial charge in [0.1, 0.15) is 5.75 Å². The van der Waals surface area contributed by atoms with Crippen molar-refractivity contribution in [2.24, 2.45) is 0 Å². The lowest BCUT2D eigenvalue weighted by atomic mass is 10.1. The molecule has 2 heterocycles. The van der Waals surface area contributed by atoms with Gasteiger partial charge in [0.25, 0.3) is 0 Å². The standard InChI is InChI=1S/C22H34N2O5S/c1-17-14-23(15-18(2)29-17)16-19-6-4-12-24(19)22(25)7-5-13-28-20-8-10-21(11-9-20)30(3,26)27/h8-11,17-19H,4-7,12-16H2,1-3H3. The maximum Gasteiger partial charge on any atom is 0.222 e. The Kier molecular flexibility index (Phi) is 7.76. The zero-order valence-electron chi connectivity index (χ0n) is 18.2. The number of likely N-dealkylation sites (tertiary alicyclic amines) is 1. The summed E-state index contributed by atoms with van der Waals surface area (Å²) in [6, 6.07) is 6.67. The van der Waals surface area contributed by atoms with Gasteiger partial charge in [-0.1, -0.05) is 0 Å². The van der Waals surface area contributed by atoms with Crippen molar-refractivity contribution >= 4 is 15.7 Å². The minimum Gasteiger partial charge on any atom is -0.494 e. The van der Waals surface area contributed by atoms with E-state index >= 15 is 0 Å². The van der Waals surface area contributed by atoms with E-state index in [0.29, 0.717) is 31.2 Å². The van der Waals surface area contributed by atoms with Crippen LogP contribution in [0.3, 0.4) is 0 Å². The third-order valence-corrected chi connectivity index (χ3v) is 6.85. The van der Waals surface area contributed by atoms with Crippen molar-refractivity contribution in [3.63, 3.8) is 0 Å². The van der Waals surface area contributed by atoms with Crippen LogP contribution in [0, 0.1) is 0 Å². The van der Waals surface area contributed by atoms with Crippen LogP contribution >= 0.6 is 0 Å². The number of morpholine rings is 1. The molecular formula is C22H34N2O5S. The zero-order chi connectivity index (χ0) is 21.7. The van der Waals surface area contributed by atoms with Crippen molar-refractivity contribution in [1.29, 1.82) is 0 Å². The quantitative estimate of drug-likeness (QED) is 0.580. The molecule has 0 radical (unpaired) electrons. The smallest absolute Gasteiger partial charge is 0.222 e. The van der Waals surface area contributed by atoms with Crippen molar-refractivity contribution in [3.8, 4) is 5.75 Å². The van der Waals surface area contributed by atoms with Crippen LogP contribution in [0.25, 0.3) is 0 Å². The molecule has 3 unspecified atom stereocenters. The van der Waals surface area contributed by atoms with Crippen molar-refractivity contribution in [1.82, 2.24) is 9.80 Å². The Labute approximate surface area is 180 Å². The van der Waals surface area contributed by atoms with E-state index in [1.807, 2.05) is 4.90 Å². The van der Waals surface area contributed by atoms with E-state index in [1.54, 1.807) is 12.1 Å². The van der Waals surface area contributed by atoms with Gasteiger partial charge in [-0.15, -0.1) is 0 Å². The summed E-state index contributed by atoms with van der Waals surface area (Å²) in [5, 5.41) is 0. The number of nitrogens with zero attached hydrogens (tertiary/aromatic N) is 2.